The largest absolute Gasteiger partial charge is 0.463 e. The number of hydrogen-bond acceptors (Lipinski definition) is 2. The van der Waals surface area contributed by atoms with Crippen LogP contribution in [0.5, 0.6) is 0 Å². The molecule has 1 unspecified atom stereocenters. The number of ether oxygens (including phenoxy) is 1. The molecule has 0 aliphatic heterocycles. The highest BCUT2D eigenvalue weighted by atomic mass is 16.5. The molecule has 0 spiro atoms. The first-order valence-electron chi connectivity index (χ1n) is 6.28. The maximum Gasteiger partial charge on any atom is 0.308 e. The molecule has 0 heterocycles. The third-order valence-electron chi connectivity index (χ3n) is 2.49. The van der Waals surface area contributed by atoms with Crippen LogP contribution in [-0.4, -0.2) is 12.1 Å². The quantitative estimate of drug-likeness (QED) is 0.452. The van der Waals surface area contributed by atoms with Gasteiger partial charge < -0.3 is 4.74 Å². The summed E-state index contributed by atoms with van der Waals surface area (Å²) in [6.07, 6.45) is 7.25. The number of unbranched alkanes of at least 4 members (excludes halogenated alkanes) is 4. The summed E-state index contributed by atoms with van der Waals surface area (Å²) >= 11 is 0. The smallest absolute Gasteiger partial charge is 0.308 e. The number of rotatable bonds is 8. The Kier molecular flexibility index (Phi) is 8.44. The number of carbonyl (C=O) groups excluding carboxylic acids is 1. The van der Waals surface area contributed by atoms with Gasteiger partial charge in [0.15, 0.2) is 0 Å². The minimum Gasteiger partial charge on any atom is -0.463 e. The van der Waals surface area contributed by atoms with E-state index in [-0.39, 0.29) is 18.0 Å². The van der Waals surface area contributed by atoms with Crippen LogP contribution in [0.3, 0.4) is 0 Å². The van der Waals surface area contributed by atoms with E-state index in [0.717, 1.165) is 12.8 Å². The molecule has 90 valence electrons. The maximum absolute atomic E-state index is 11.5. The topological polar surface area (TPSA) is 26.3 Å². The lowest BCUT2D eigenvalue weighted by molar-refractivity contribution is -0.152. The Balaban J connectivity index is 3.47. The van der Waals surface area contributed by atoms with Crippen LogP contribution in [0.4, 0.5) is 0 Å². The van der Waals surface area contributed by atoms with E-state index in [1.165, 1.54) is 25.7 Å². The lowest BCUT2D eigenvalue weighted by Crippen LogP contribution is -2.18. The number of carbonyl (C=O) groups is 1. The molecule has 1 atom stereocenters. The van der Waals surface area contributed by atoms with Crippen LogP contribution in [0.1, 0.15) is 66.2 Å². The van der Waals surface area contributed by atoms with Crippen molar-refractivity contribution in [2.75, 3.05) is 0 Å². The maximum atomic E-state index is 11.5. The van der Waals surface area contributed by atoms with Gasteiger partial charge in [-0.1, -0.05) is 46.0 Å². The third kappa shape index (κ3) is 8.46. The van der Waals surface area contributed by atoms with Crippen molar-refractivity contribution in [3.63, 3.8) is 0 Å². The molecular formula is C13H26O2. The van der Waals surface area contributed by atoms with Gasteiger partial charge in [0.05, 0.1) is 12.0 Å². The van der Waals surface area contributed by atoms with Crippen LogP contribution in [0.15, 0.2) is 0 Å². The molecule has 0 bridgehead atoms. The summed E-state index contributed by atoms with van der Waals surface area (Å²) in [6, 6.07) is 0. The number of esters is 1. The van der Waals surface area contributed by atoms with Crippen molar-refractivity contribution >= 4 is 5.97 Å². The molecule has 0 rings (SSSR count). The summed E-state index contributed by atoms with van der Waals surface area (Å²) in [4.78, 5) is 11.5. The first-order chi connectivity index (χ1) is 7.07. The lowest BCUT2D eigenvalue weighted by Gasteiger charge is -2.13. The van der Waals surface area contributed by atoms with E-state index in [9.17, 15) is 4.79 Å². The van der Waals surface area contributed by atoms with Gasteiger partial charge in [-0.25, -0.2) is 0 Å². The standard InChI is InChI=1S/C13H26O2/c1-5-6-7-8-9-10-12(4)13(14)15-11(2)3/h11-12H,5-10H2,1-4H3. The molecule has 0 radical (unpaired) electrons. The normalized spacial score (nSPS) is 12.9. The summed E-state index contributed by atoms with van der Waals surface area (Å²) in [6.45, 7) is 7.96. The average molecular weight is 214 g/mol. The predicted octanol–water partition coefficient (Wildman–Crippen LogP) is 3.93. The van der Waals surface area contributed by atoms with Crippen LogP contribution in [0.2, 0.25) is 0 Å². The molecule has 2 heteroatoms. The molecule has 2 nitrogen and oxygen atoms in total. The molecule has 0 aromatic carbocycles. The van der Waals surface area contributed by atoms with Crippen LogP contribution < -0.4 is 0 Å². The second-order valence-electron chi connectivity index (χ2n) is 4.59. The summed E-state index contributed by atoms with van der Waals surface area (Å²) in [5, 5.41) is 0. The Morgan fingerprint density at radius 1 is 1.07 bits per heavy atom. The predicted molar refractivity (Wildman–Crippen MR) is 63.8 cm³/mol. The fourth-order valence-corrected chi connectivity index (χ4v) is 1.52. The van der Waals surface area contributed by atoms with Crippen molar-refractivity contribution in [2.45, 2.75) is 72.3 Å². The molecule has 0 N–H and O–H groups in total. The highest BCUT2D eigenvalue weighted by molar-refractivity contribution is 5.72. The van der Waals surface area contributed by atoms with Gasteiger partial charge in [0, 0.05) is 0 Å². The van der Waals surface area contributed by atoms with Gasteiger partial charge in [0.1, 0.15) is 0 Å². The minimum atomic E-state index is -0.0412. The Morgan fingerprint density at radius 3 is 2.20 bits per heavy atom. The third-order valence-corrected chi connectivity index (χ3v) is 2.49. The number of hydrogen-bond donors (Lipinski definition) is 0. The van der Waals surface area contributed by atoms with Crippen molar-refractivity contribution < 1.29 is 9.53 Å². The van der Waals surface area contributed by atoms with E-state index in [1.807, 2.05) is 20.8 Å². The van der Waals surface area contributed by atoms with Gasteiger partial charge in [-0.3, -0.25) is 4.79 Å². The van der Waals surface area contributed by atoms with Crippen molar-refractivity contribution in [2.24, 2.45) is 5.92 Å². The van der Waals surface area contributed by atoms with Crippen molar-refractivity contribution in [1.82, 2.24) is 0 Å². The average Bonchev–Trinajstić information content (AvgIpc) is 2.16. The van der Waals surface area contributed by atoms with Gasteiger partial charge in [-0.2, -0.15) is 0 Å². The zero-order valence-electron chi connectivity index (χ0n) is 10.7. The summed E-state index contributed by atoms with van der Waals surface area (Å²) < 4.78 is 5.15. The van der Waals surface area contributed by atoms with Crippen LogP contribution in [0, 0.1) is 5.92 Å². The lowest BCUT2D eigenvalue weighted by atomic mass is 10.0. The van der Waals surface area contributed by atoms with E-state index in [2.05, 4.69) is 6.92 Å². The molecule has 0 aliphatic carbocycles. The monoisotopic (exact) mass is 214 g/mol. The second-order valence-corrected chi connectivity index (χ2v) is 4.59. The summed E-state index contributed by atoms with van der Waals surface area (Å²) in [5.74, 6) is 0.0227. The highest BCUT2D eigenvalue weighted by Crippen LogP contribution is 2.13. The van der Waals surface area contributed by atoms with E-state index in [0.29, 0.717) is 0 Å². The van der Waals surface area contributed by atoms with Gasteiger partial charge in [-0.05, 0) is 20.3 Å². The van der Waals surface area contributed by atoms with Gasteiger partial charge in [-0.15, -0.1) is 0 Å². The second kappa shape index (κ2) is 8.75. The molecule has 0 amide bonds. The van der Waals surface area contributed by atoms with Crippen LogP contribution >= 0.6 is 0 Å². The SMILES string of the molecule is CCCCCCCC(C)C(=O)OC(C)C. The first-order valence-corrected chi connectivity index (χ1v) is 6.28. The molecule has 0 aromatic heterocycles. The Hall–Kier alpha value is -0.530. The Bertz CT molecular complexity index is 164. The molecule has 0 aromatic rings. The zero-order valence-corrected chi connectivity index (χ0v) is 10.7. The Morgan fingerprint density at radius 2 is 1.67 bits per heavy atom. The highest BCUT2D eigenvalue weighted by Gasteiger charge is 2.14. The Labute approximate surface area is 94.4 Å². The van der Waals surface area contributed by atoms with Gasteiger partial charge in [0.25, 0.3) is 0 Å². The molecule has 0 saturated heterocycles. The summed E-state index contributed by atoms with van der Waals surface area (Å²) in [7, 11) is 0. The molecule has 0 fully saturated rings. The zero-order chi connectivity index (χ0) is 11.7. The molecular weight excluding hydrogens is 188 g/mol. The van der Waals surface area contributed by atoms with Crippen molar-refractivity contribution in [3.8, 4) is 0 Å². The van der Waals surface area contributed by atoms with E-state index < -0.39 is 0 Å². The van der Waals surface area contributed by atoms with Gasteiger partial charge in [0.2, 0.25) is 0 Å². The summed E-state index contributed by atoms with van der Waals surface area (Å²) in [5.41, 5.74) is 0. The van der Waals surface area contributed by atoms with Gasteiger partial charge >= 0.3 is 5.97 Å². The first kappa shape index (κ1) is 14.5. The van der Waals surface area contributed by atoms with Crippen LogP contribution in [0.25, 0.3) is 0 Å². The van der Waals surface area contributed by atoms with Crippen LogP contribution in [-0.2, 0) is 9.53 Å². The van der Waals surface area contributed by atoms with E-state index in [4.69, 9.17) is 4.74 Å². The van der Waals surface area contributed by atoms with E-state index >= 15 is 0 Å². The van der Waals surface area contributed by atoms with Crippen molar-refractivity contribution in [3.05, 3.63) is 0 Å². The van der Waals surface area contributed by atoms with E-state index in [1.54, 1.807) is 0 Å². The molecule has 0 saturated carbocycles. The molecule has 15 heavy (non-hydrogen) atoms. The fourth-order valence-electron chi connectivity index (χ4n) is 1.52. The molecule has 0 aliphatic rings. The fraction of sp³-hybridized carbons (Fsp3) is 0.923. The minimum absolute atomic E-state index is 0.0139. The van der Waals surface area contributed by atoms with Crippen molar-refractivity contribution in [1.29, 1.82) is 0 Å².